The molecule has 0 amide bonds. The standard InChI is InChI=1S/C19H26N4O3S2/c1-21-18(15-9-10-28(24,25)12-15)20-23(19(21)27)13-22(16-7-8-16)11-14-5-3-4-6-17(14)26-2/h3-6,15-16H,7-13H2,1-2H3. The van der Waals surface area contributed by atoms with Crippen LogP contribution in [-0.2, 0) is 30.1 Å². The molecule has 4 rings (SSSR count). The molecule has 2 aliphatic rings. The van der Waals surface area contributed by atoms with Gasteiger partial charge in [0.1, 0.15) is 11.6 Å². The van der Waals surface area contributed by atoms with Crippen LogP contribution in [0.3, 0.4) is 0 Å². The van der Waals surface area contributed by atoms with Gasteiger partial charge < -0.3 is 9.30 Å². The average molecular weight is 423 g/mol. The Bertz CT molecular complexity index is 1020. The molecule has 1 saturated heterocycles. The van der Waals surface area contributed by atoms with E-state index in [2.05, 4.69) is 11.0 Å². The molecule has 0 bridgehead atoms. The van der Waals surface area contributed by atoms with Gasteiger partial charge in [-0.1, -0.05) is 18.2 Å². The Morgan fingerprint density at radius 3 is 2.68 bits per heavy atom. The van der Waals surface area contributed by atoms with Crippen molar-refractivity contribution in [2.24, 2.45) is 7.05 Å². The summed E-state index contributed by atoms with van der Waals surface area (Å²) in [5.41, 5.74) is 1.14. The van der Waals surface area contributed by atoms with E-state index in [-0.39, 0.29) is 17.4 Å². The zero-order chi connectivity index (χ0) is 19.9. The third kappa shape index (κ3) is 4.01. The molecule has 1 saturated carbocycles. The first-order valence-corrected chi connectivity index (χ1v) is 11.8. The maximum absolute atomic E-state index is 11.9. The van der Waals surface area contributed by atoms with Crippen molar-refractivity contribution in [2.45, 2.75) is 44.4 Å². The molecule has 2 aromatic rings. The first kappa shape index (κ1) is 19.6. The molecule has 9 heteroatoms. The van der Waals surface area contributed by atoms with E-state index in [9.17, 15) is 8.42 Å². The van der Waals surface area contributed by atoms with Crippen LogP contribution in [0.2, 0.25) is 0 Å². The van der Waals surface area contributed by atoms with Crippen LogP contribution < -0.4 is 4.74 Å². The number of sulfone groups is 1. The summed E-state index contributed by atoms with van der Waals surface area (Å²) in [5, 5.41) is 4.73. The molecule has 28 heavy (non-hydrogen) atoms. The summed E-state index contributed by atoms with van der Waals surface area (Å²) in [6.07, 6.45) is 2.96. The van der Waals surface area contributed by atoms with E-state index in [1.165, 1.54) is 12.8 Å². The highest BCUT2D eigenvalue weighted by atomic mass is 32.2. The van der Waals surface area contributed by atoms with Gasteiger partial charge in [-0.25, -0.2) is 13.1 Å². The van der Waals surface area contributed by atoms with Crippen molar-refractivity contribution in [1.29, 1.82) is 0 Å². The Morgan fingerprint density at radius 2 is 2.04 bits per heavy atom. The highest BCUT2D eigenvalue weighted by molar-refractivity contribution is 7.91. The lowest BCUT2D eigenvalue weighted by molar-refractivity contribution is 0.184. The number of hydrogen-bond donors (Lipinski definition) is 0. The summed E-state index contributed by atoms with van der Waals surface area (Å²) in [7, 11) is 0.615. The van der Waals surface area contributed by atoms with Crippen molar-refractivity contribution in [1.82, 2.24) is 19.2 Å². The monoisotopic (exact) mass is 422 g/mol. The molecule has 0 radical (unpaired) electrons. The van der Waals surface area contributed by atoms with Crippen molar-refractivity contribution in [3.05, 3.63) is 40.4 Å². The minimum absolute atomic E-state index is 0.0680. The molecule has 0 spiro atoms. The number of methoxy groups -OCH3 is 1. The number of aromatic nitrogens is 3. The van der Waals surface area contributed by atoms with Crippen LogP contribution in [0.1, 0.15) is 36.6 Å². The van der Waals surface area contributed by atoms with E-state index in [1.54, 1.807) is 7.11 Å². The molecule has 2 heterocycles. The summed E-state index contributed by atoms with van der Waals surface area (Å²) in [4.78, 5) is 2.37. The molecule has 1 aromatic heterocycles. The second-order valence-electron chi connectivity index (χ2n) is 7.73. The van der Waals surface area contributed by atoms with Crippen LogP contribution in [0.4, 0.5) is 0 Å². The minimum atomic E-state index is -2.96. The smallest absolute Gasteiger partial charge is 0.198 e. The van der Waals surface area contributed by atoms with Crippen LogP contribution in [0.5, 0.6) is 5.75 Å². The van der Waals surface area contributed by atoms with Gasteiger partial charge in [0.05, 0.1) is 25.3 Å². The highest BCUT2D eigenvalue weighted by Crippen LogP contribution is 2.32. The molecule has 7 nitrogen and oxygen atoms in total. The summed E-state index contributed by atoms with van der Waals surface area (Å²) >= 11 is 5.61. The fourth-order valence-corrected chi connectivity index (χ4v) is 5.84. The number of hydrogen-bond acceptors (Lipinski definition) is 6. The maximum Gasteiger partial charge on any atom is 0.198 e. The zero-order valence-corrected chi connectivity index (χ0v) is 17.9. The van der Waals surface area contributed by atoms with Crippen molar-refractivity contribution < 1.29 is 13.2 Å². The van der Waals surface area contributed by atoms with Gasteiger partial charge >= 0.3 is 0 Å². The molecule has 1 unspecified atom stereocenters. The van der Waals surface area contributed by atoms with Crippen molar-refractivity contribution in [3.8, 4) is 5.75 Å². The second kappa shape index (κ2) is 7.61. The van der Waals surface area contributed by atoms with E-state index in [1.807, 2.05) is 34.5 Å². The topological polar surface area (TPSA) is 69.4 Å². The van der Waals surface area contributed by atoms with E-state index in [4.69, 9.17) is 22.1 Å². The molecule has 152 valence electrons. The van der Waals surface area contributed by atoms with Gasteiger partial charge in [0.25, 0.3) is 0 Å². The van der Waals surface area contributed by atoms with Crippen molar-refractivity contribution in [2.75, 3.05) is 18.6 Å². The fourth-order valence-electron chi connectivity index (χ4n) is 3.91. The molecular formula is C19H26N4O3S2. The number of rotatable bonds is 7. The Labute approximate surface area is 170 Å². The van der Waals surface area contributed by atoms with Crippen LogP contribution in [0.25, 0.3) is 0 Å². The molecule has 1 aliphatic carbocycles. The molecule has 2 fully saturated rings. The summed E-state index contributed by atoms with van der Waals surface area (Å²) in [5.74, 6) is 2.00. The van der Waals surface area contributed by atoms with E-state index in [0.717, 1.165) is 23.7 Å². The normalized spacial score (nSPS) is 21.3. The lowest BCUT2D eigenvalue weighted by Gasteiger charge is -2.22. The lowest BCUT2D eigenvalue weighted by Crippen LogP contribution is -2.29. The van der Waals surface area contributed by atoms with Crippen molar-refractivity contribution >= 4 is 22.1 Å². The van der Waals surface area contributed by atoms with Crippen LogP contribution in [0.15, 0.2) is 24.3 Å². The minimum Gasteiger partial charge on any atom is -0.496 e. The third-order valence-corrected chi connectivity index (χ3v) is 7.87. The number of para-hydroxylation sites is 1. The fraction of sp³-hybridized carbons (Fsp3) is 0.579. The van der Waals surface area contributed by atoms with Crippen LogP contribution in [-0.4, -0.2) is 52.3 Å². The van der Waals surface area contributed by atoms with Gasteiger partial charge in [-0.2, -0.15) is 5.10 Å². The van der Waals surface area contributed by atoms with Crippen LogP contribution >= 0.6 is 12.2 Å². The van der Waals surface area contributed by atoms with Gasteiger partial charge in [0.2, 0.25) is 0 Å². The van der Waals surface area contributed by atoms with E-state index < -0.39 is 9.84 Å². The van der Waals surface area contributed by atoms with Gasteiger partial charge in [-0.05, 0) is 37.5 Å². The Hall–Kier alpha value is -1.71. The molecule has 1 aliphatic heterocycles. The predicted molar refractivity (Wildman–Crippen MR) is 110 cm³/mol. The van der Waals surface area contributed by atoms with E-state index >= 15 is 0 Å². The first-order chi connectivity index (χ1) is 13.4. The number of nitrogens with zero attached hydrogens (tertiary/aromatic N) is 4. The highest BCUT2D eigenvalue weighted by Gasteiger charge is 2.34. The molecule has 0 N–H and O–H groups in total. The average Bonchev–Trinajstić information content (AvgIpc) is 3.41. The lowest BCUT2D eigenvalue weighted by atomic mass is 10.1. The summed E-state index contributed by atoms with van der Waals surface area (Å²) in [6, 6.07) is 8.57. The second-order valence-corrected chi connectivity index (χ2v) is 10.3. The quantitative estimate of drug-likeness (QED) is 0.639. The third-order valence-electron chi connectivity index (χ3n) is 5.62. The molecule has 1 atom stereocenters. The molecular weight excluding hydrogens is 396 g/mol. The first-order valence-electron chi connectivity index (χ1n) is 9.58. The van der Waals surface area contributed by atoms with E-state index in [0.29, 0.717) is 23.9 Å². The largest absolute Gasteiger partial charge is 0.496 e. The Morgan fingerprint density at radius 1 is 1.29 bits per heavy atom. The Kier molecular flexibility index (Phi) is 5.32. The van der Waals surface area contributed by atoms with Gasteiger partial charge in [-0.15, -0.1) is 0 Å². The maximum atomic E-state index is 11.9. The Balaban J connectivity index is 1.57. The number of benzene rings is 1. The van der Waals surface area contributed by atoms with Gasteiger partial charge in [0, 0.05) is 31.1 Å². The molecule has 1 aromatic carbocycles. The van der Waals surface area contributed by atoms with Crippen molar-refractivity contribution in [3.63, 3.8) is 0 Å². The predicted octanol–water partition coefficient (Wildman–Crippen LogP) is 2.48. The van der Waals surface area contributed by atoms with Gasteiger partial charge in [-0.3, -0.25) is 4.90 Å². The summed E-state index contributed by atoms with van der Waals surface area (Å²) in [6.45, 7) is 1.36. The van der Waals surface area contributed by atoms with Crippen LogP contribution in [0, 0.1) is 4.77 Å². The SMILES string of the molecule is COc1ccccc1CN(Cn1nc(C2CCS(=O)(=O)C2)n(C)c1=S)C1CC1. The number of ether oxygens (including phenoxy) is 1. The summed E-state index contributed by atoms with van der Waals surface area (Å²) < 4.78 is 33.6. The van der Waals surface area contributed by atoms with Gasteiger partial charge in [0.15, 0.2) is 14.6 Å². The zero-order valence-electron chi connectivity index (χ0n) is 16.2.